The van der Waals surface area contributed by atoms with Gasteiger partial charge in [-0.05, 0) is 70.9 Å². The summed E-state index contributed by atoms with van der Waals surface area (Å²) in [5.41, 5.74) is 10.1. The molecule has 0 heterocycles. The van der Waals surface area contributed by atoms with Gasteiger partial charge >= 0.3 is 0 Å². The van der Waals surface area contributed by atoms with E-state index in [2.05, 4.69) is 112 Å². The highest BCUT2D eigenvalue weighted by molar-refractivity contribution is 5.72. The average Bonchev–Trinajstić information content (AvgIpc) is 3.27. The zero-order chi connectivity index (χ0) is 21.6. The predicted octanol–water partition coefficient (Wildman–Crippen LogP) is 8.70. The molecule has 3 aromatic rings. The number of allylic oxidation sites excluding steroid dienone is 4. The van der Waals surface area contributed by atoms with Crippen LogP contribution in [0.5, 0.6) is 0 Å². The molecule has 3 aromatic carbocycles. The van der Waals surface area contributed by atoms with Crippen LogP contribution in [0.2, 0.25) is 0 Å². The number of rotatable bonds is 8. The molecule has 1 aliphatic rings. The lowest BCUT2D eigenvalue weighted by Gasteiger charge is -2.13. The summed E-state index contributed by atoms with van der Waals surface area (Å²) < 4.78 is 0. The van der Waals surface area contributed by atoms with Gasteiger partial charge in [0.1, 0.15) is 0 Å². The molecule has 0 radical (unpaired) electrons. The van der Waals surface area contributed by atoms with Crippen molar-refractivity contribution in [2.45, 2.75) is 58.3 Å². The van der Waals surface area contributed by atoms with Gasteiger partial charge in [0.15, 0.2) is 0 Å². The van der Waals surface area contributed by atoms with Crippen molar-refractivity contribution >= 4 is 5.57 Å². The van der Waals surface area contributed by atoms with Gasteiger partial charge in [0.05, 0.1) is 0 Å². The summed E-state index contributed by atoms with van der Waals surface area (Å²) in [6.45, 7) is 6.87. The standard InChI is InChI=1S/C31H34/c1-23(2)29-13-7-9-26(21-29)19-27-10-8-14-30(22-27)31-18-17-25(20-31)16-15-24(3)28-11-5-4-6-12-28/h4-14,17-18,21-24H,15-16,19-20H2,1-3H3/t24-/m0/s1. The zero-order valence-corrected chi connectivity index (χ0v) is 19.1. The van der Waals surface area contributed by atoms with Crippen LogP contribution >= 0.6 is 0 Å². The van der Waals surface area contributed by atoms with Crippen molar-refractivity contribution < 1.29 is 0 Å². The minimum absolute atomic E-state index is 0.573. The fourth-order valence-electron chi connectivity index (χ4n) is 4.48. The van der Waals surface area contributed by atoms with Crippen molar-refractivity contribution in [2.75, 3.05) is 0 Å². The number of benzene rings is 3. The molecule has 1 atom stereocenters. The molecule has 0 N–H and O–H groups in total. The van der Waals surface area contributed by atoms with Gasteiger partial charge in [-0.3, -0.25) is 0 Å². The third kappa shape index (κ3) is 5.64. The van der Waals surface area contributed by atoms with E-state index in [1.165, 1.54) is 46.2 Å². The molecule has 0 nitrogen and oxygen atoms in total. The van der Waals surface area contributed by atoms with Gasteiger partial charge in [0.2, 0.25) is 0 Å². The van der Waals surface area contributed by atoms with Crippen LogP contribution in [0.4, 0.5) is 0 Å². The molecule has 0 bridgehead atoms. The smallest absolute Gasteiger partial charge is 0.00255 e. The Kier molecular flexibility index (Phi) is 6.87. The second-order valence-electron chi connectivity index (χ2n) is 9.32. The van der Waals surface area contributed by atoms with Gasteiger partial charge in [-0.2, -0.15) is 0 Å². The molecule has 0 aliphatic heterocycles. The van der Waals surface area contributed by atoms with E-state index < -0.39 is 0 Å². The summed E-state index contributed by atoms with van der Waals surface area (Å²) in [6, 6.07) is 29.1. The van der Waals surface area contributed by atoms with Crippen LogP contribution < -0.4 is 0 Å². The maximum Gasteiger partial charge on any atom is -0.00255 e. The maximum absolute atomic E-state index is 2.39. The van der Waals surface area contributed by atoms with E-state index in [-0.39, 0.29) is 0 Å². The first-order valence-electron chi connectivity index (χ1n) is 11.7. The number of hydrogen-bond acceptors (Lipinski definition) is 0. The quantitative estimate of drug-likeness (QED) is 0.351. The normalized spacial score (nSPS) is 14.5. The third-order valence-corrected chi connectivity index (χ3v) is 6.53. The van der Waals surface area contributed by atoms with Gasteiger partial charge in [0, 0.05) is 0 Å². The van der Waals surface area contributed by atoms with E-state index in [4.69, 9.17) is 0 Å². The molecule has 0 heteroatoms. The molecule has 0 spiro atoms. The summed E-state index contributed by atoms with van der Waals surface area (Å²) >= 11 is 0. The first-order chi connectivity index (χ1) is 15.1. The molecular weight excluding hydrogens is 372 g/mol. The summed E-state index contributed by atoms with van der Waals surface area (Å²) in [7, 11) is 0. The van der Waals surface area contributed by atoms with E-state index in [1.807, 2.05) is 0 Å². The van der Waals surface area contributed by atoms with Crippen LogP contribution in [-0.2, 0) is 6.42 Å². The Labute approximate surface area is 188 Å². The topological polar surface area (TPSA) is 0 Å². The van der Waals surface area contributed by atoms with Gasteiger partial charge < -0.3 is 0 Å². The van der Waals surface area contributed by atoms with Gasteiger partial charge in [0.25, 0.3) is 0 Å². The van der Waals surface area contributed by atoms with Crippen molar-refractivity contribution in [1.82, 2.24) is 0 Å². The monoisotopic (exact) mass is 406 g/mol. The molecule has 0 fully saturated rings. The van der Waals surface area contributed by atoms with Gasteiger partial charge in [-0.15, -0.1) is 0 Å². The summed E-state index contributed by atoms with van der Waals surface area (Å²) in [5.74, 6) is 1.18. The highest BCUT2D eigenvalue weighted by atomic mass is 14.2. The van der Waals surface area contributed by atoms with Crippen molar-refractivity contribution in [3.05, 3.63) is 124 Å². The average molecular weight is 407 g/mol. The predicted molar refractivity (Wildman–Crippen MR) is 135 cm³/mol. The van der Waals surface area contributed by atoms with E-state index in [1.54, 1.807) is 5.57 Å². The van der Waals surface area contributed by atoms with Crippen molar-refractivity contribution in [3.8, 4) is 0 Å². The second-order valence-corrected chi connectivity index (χ2v) is 9.32. The lowest BCUT2D eigenvalue weighted by Crippen LogP contribution is -1.95. The Morgan fingerprint density at radius 1 is 0.710 bits per heavy atom. The van der Waals surface area contributed by atoms with E-state index >= 15 is 0 Å². The zero-order valence-electron chi connectivity index (χ0n) is 19.1. The largest absolute Gasteiger partial charge is 0.0658 e. The Morgan fingerprint density at radius 2 is 1.42 bits per heavy atom. The van der Waals surface area contributed by atoms with E-state index in [0.717, 1.165) is 12.8 Å². The fraction of sp³-hybridized carbons (Fsp3) is 0.290. The Morgan fingerprint density at radius 3 is 2.19 bits per heavy atom. The van der Waals surface area contributed by atoms with Crippen LogP contribution in [-0.4, -0.2) is 0 Å². The Hall–Kier alpha value is -2.86. The van der Waals surface area contributed by atoms with E-state index in [9.17, 15) is 0 Å². The van der Waals surface area contributed by atoms with Crippen LogP contribution in [0.25, 0.3) is 5.57 Å². The first-order valence-corrected chi connectivity index (χ1v) is 11.7. The van der Waals surface area contributed by atoms with Crippen molar-refractivity contribution in [2.24, 2.45) is 0 Å². The molecular formula is C31H34. The van der Waals surface area contributed by atoms with Gasteiger partial charge in [-0.25, -0.2) is 0 Å². The Balaban J connectivity index is 1.35. The SMILES string of the molecule is CC(C)c1cccc(Cc2cccc(C3=CC=C(CC[C@H](C)c4ccccc4)C3)c2)c1. The summed E-state index contributed by atoms with van der Waals surface area (Å²) in [5, 5.41) is 0. The van der Waals surface area contributed by atoms with Crippen LogP contribution in [0.1, 0.15) is 79.7 Å². The fourth-order valence-corrected chi connectivity index (χ4v) is 4.48. The summed E-state index contributed by atoms with van der Waals surface area (Å²) in [6.07, 6.45) is 9.16. The highest BCUT2D eigenvalue weighted by Gasteiger charge is 2.13. The molecule has 0 aromatic heterocycles. The molecule has 1 aliphatic carbocycles. The molecule has 158 valence electrons. The molecule has 4 rings (SSSR count). The minimum Gasteiger partial charge on any atom is -0.0658 e. The molecule has 31 heavy (non-hydrogen) atoms. The number of hydrogen-bond donors (Lipinski definition) is 0. The summed E-state index contributed by atoms with van der Waals surface area (Å²) in [4.78, 5) is 0. The van der Waals surface area contributed by atoms with Crippen LogP contribution in [0.15, 0.2) is 96.6 Å². The van der Waals surface area contributed by atoms with Crippen LogP contribution in [0, 0.1) is 0 Å². The highest BCUT2D eigenvalue weighted by Crippen LogP contribution is 2.33. The van der Waals surface area contributed by atoms with Crippen molar-refractivity contribution in [1.29, 1.82) is 0 Å². The second kappa shape index (κ2) is 9.96. The third-order valence-electron chi connectivity index (χ3n) is 6.53. The minimum atomic E-state index is 0.573. The molecule has 0 saturated heterocycles. The lowest BCUT2D eigenvalue weighted by molar-refractivity contribution is 0.672. The Bertz CT molecular complexity index is 1070. The van der Waals surface area contributed by atoms with E-state index in [0.29, 0.717) is 11.8 Å². The van der Waals surface area contributed by atoms with Gasteiger partial charge in [-0.1, -0.05) is 117 Å². The molecule has 0 amide bonds. The van der Waals surface area contributed by atoms with Crippen LogP contribution in [0.3, 0.4) is 0 Å². The lowest BCUT2D eigenvalue weighted by atomic mass is 9.92. The molecule has 0 unspecified atom stereocenters. The maximum atomic E-state index is 2.39. The molecule has 0 saturated carbocycles. The van der Waals surface area contributed by atoms with Crippen molar-refractivity contribution in [3.63, 3.8) is 0 Å². The first kappa shape index (κ1) is 21.4.